The summed E-state index contributed by atoms with van der Waals surface area (Å²) >= 11 is 0. The second kappa shape index (κ2) is 2.86. The first kappa shape index (κ1) is 8.60. The Kier molecular flexibility index (Phi) is 2.05. The van der Waals surface area contributed by atoms with Crippen molar-refractivity contribution in [3.63, 3.8) is 0 Å². The predicted molar refractivity (Wildman–Crippen MR) is 34.2 cm³/mol. The first-order valence-electron chi connectivity index (χ1n) is 2.87. The molecule has 0 aromatic heterocycles. The van der Waals surface area contributed by atoms with Gasteiger partial charge in [-0.3, -0.25) is 0 Å². The van der Waals surface area contributed by atoms with E-state index in [0.717, 1.165) is 0 Å². The van der Waals surface area contributed by atoms with E-state index in [-0.39, 0.29) is 6.07 Å². The maximum atomic E-state index is 12.5. The summed E-state index contributed by atoms with van der Waals surface area (Å²) in [7, 11) is 0. The van der Waals surface area contributed by atoms with Crippen LogP contribution in [0, 0.1) is 35.6 Å². The van der Waals surface area contributed by atoms with Crippen molar-refractivity contribution in [2.45, 2.75) is 0 Å². The molecular formula is C8H2F4. The summed E-state index contributed by atoms with van der Waals surface area (Å²) in [4.78, 5) is 0. The van der Waals surface area contributed by atoms with Gasteiger partial charge >= 0.3 is 0 Å². The van der Waals surface area contributed by atoms with Gasteiger partial charge in [-0.25, -0.2) is 17.6 Å². The molecule has 0 nitrogen and oxygen atoms in total. The van der Waals surface area contributed by atoms with Gasteiger partial charge in [0.1, 0.15) is 5.56 Å². The van der Waals surface area contributed by atoms with Gasteiger partial charge in [0.2, 0.25) is 0 Å². The van der Waals surface area contributed by atoms with Crippen molar-refractivity contribution in [3.8, 4) is 12.3 Å². The van der Waals surface area contributed by atoms with Gasteiger partial charge in [0.05, 0.1) is 0 Å². The fraction of sp³-hybridized carbons (Fsp3) is 0. The van der Waals surface area contributed by atoms with Crippen LogP contribution in [0.15, 0.2) is 6.07 Å². The molecule has 0 radical (unpaired) electrons. The fourth-order valence-corrected chi connectivity index (χ4v) is 0.700. The zero-order chi connectivity index (χ0) is 9.30. The smallest absolute Gasteiger partial charge is 0.177 e. The molecule has 0 saturated heterocycles. The van der Waals surface area contributed by atoms with Crippen molar-refractivity contribution in [2.24, 2.45) is 0 Å². The number of hydrogen-bond acceptors (Lipinski definition) is 0. The van der Waals surface area contributed by atoms with Crippen molar-refractivity contribution in [1.82, 2.24) is 0 Å². The van der Waals surface area contributed by atoms with E-state index in [0.29, 0.717) is 0 Å². The molecule has 12 heavy (non-hydrogen) atoms. The summed E-state index contributed by atoms with van der Waals surface area (Å²) in [5.41, 5.74) is -1.02. The Balaban J connectivity index is 3.56. The standard InChI is InChI=1S/C8H2F4/c1-2-4-7(11)5(9)3-6(10)8(4)12/h1,3H. The normalized spacial score (nSPS) is 9.58. The summed E-state index contributed by atoms with van der Waals surface area (Å²) in [6, 6.07) is 0.103. The number of rotatable bonds is 0. The number of benzene rings is 1. The Morgan fingerprint density at radius 3 is 1.75 bits per heavy atom. The Hall–Kier alpha value is -1.50. The molecule has 0 aliphatic heterocycles. The quantitative estimate of drug-likeness (QED) is 0.321. The number of halogens is 4. The molecule has 1 aromatic rings. The van der Waals surface area contributed by atoms with Gasteiger partial charge < -0.3 is 0 Å². The number of hydrogen-bond donors (Lipinski definition) is 0. The van der Waals surface area contributed by atoms with Crippen LogP contribution in [-0.4, -0.2) is 0 Å². The molecule has 62 valence electrons. The molecule has 1 aromatic carbocycles. The molecule has 0 heterocycles. The molecule has 0 amide bonds. The van der Waals surface area contributed by atoms with E-state index < -0.39 is 28.8 Å². The maximum Gasteiger partial charge on any atom is 0.177 e. The topological polar surface area (TPSA) is 0 Å². The zero-order valence-corrected chi connectivity index (χ0v) is 5.67. The molecule has 0 N–H and O–H groups in total. The van der Waals surface area contributed by atoms with E-state index in [2.05, 4.69) is 6.42 Å². The minimum absolute atomic E-state index is 0.103. The second-order valence-corrected chi connectivity index (χ2v) is 1.99. The SMILES string of the molecule is C#Cc1c(F)c(F)cc(F)c1F. The molecule has 0 aliphatic carbocycles. The van der Waals surface area contributed by atoms with Crippen LogP contribution < -0.4 is 0 Å². The van der Waals surface area contributed by atoms with E-state index in [1.54, 1.807) is 0 Å². The lowest BCUT2D eigenvalue weighted by Gasteiger charge is -1.99. The number of terminal acetylenes is 1. The molecule has 0 bridgehead atoms. The van der Waals surface area contributed by atoms with Crippen molar-refractivity contribution in [3.05, 3.63) is 34.9 Å². The molecule has 0 fully saturated rings. The second-order valence-electron chi connectivity index (χ2n) is 1.99. The Labute approximate surface area is 65.8 Å². The Morgan fingerprint density at radius 2 is 1.42 bits per heavy atom. The molecule has 0 aliphatic rings. The minimum atomic E-state index is -1.55. The van der Waals surface area contributed by atoms with Crippen LogP contribution in [0.3, 0.4) is 0 Å². The highest BCUT2D eigenvalue weighted by Gasteiger charge is 2.16. The lowest BCUT2D eigenvalue weighted by molar-refractivity contribution is 0.450. The van der Waals surface area contributed by atoms with Gasteiger partial charge in [0.25, 0.3) is 0 Å². The van der Waals surface area contributed by atoms with Crippen molar-refractivity contribution in [1.29, 1.82) is 0 Å². The van der Waals surface area contributed by atoms with Crippen molar-refractivity contribution >= 4 is 0 Å². The monoisotopic (exact) mass is 174 g/mol. The van der Waals surface area contributed by atoms with E-state index in [1.165, 1.54) is 5.92 Å². The summed E-state index contributed by atoms with van der Waals surface area (Å²) in [6.07, 6.45) is 4.63. The minimum Gasteiger partial charge on any atom is -0.204 e. The zero-order valence-electron chi connectivity index (χ0n) is 5.67. The van der Waals surface area contributed by atoms with Crippen LogP contribution in [0.5, 0.6) is 0 Å². The third kappa shape index (κ3) is 1.14. The van der Waals surface area contributed by atoms with Crippen LogP contribution in [0.2, 0.25) is 0 Å². The van der Waals surface area contributed by atoms with Gasteiger partial charge in [-0.2, -0.15) is 0 Å². The third-order valence-corrected chi connectivity index (χ3v) is 1.26. The summed E-state index contributed by atoms with van der Waals surface area (Å²) in [6.45, 7) is 0. The average Bonchev–Trinajstić information content (AvgIpc) is 2.02. The molecule has 1 rings (SSSR count). The highest BCUT2D eigenvalue weighted by atomic mass is 19.2. The van der Waals surface area contributed by atoms with E-state index in [1.807, 2.05) is 0 Å². The van der Waals surface area contributed by atoms with E-state index in [9.17, 15) is 17.6 Å². The van der Waals surface area contributed by atoms with Crippen molar-refractivity contribution < 1.29 is 17.6 Å². The van der Waals surface area contributed by atoms with Gasteiger partial charge in [0, 0.05) is 6.07 Å². The molecule has 0 saturated carbocycles. The summed E-state index contributed by atoms with van der Waals surface area (Å²) in [5.74, 6) is -4.57. The molecule has 0 spiro atoms. The molecule has 4 heteroatoms. The Morgan fingerprint density at radius 1 is 1.00 bits per heavy atom. The van der Waals surface area contributed by atoms with Crippen LogP contribution in [0.1, 0.15) is 5.56 Å². The van der Waals surface area contributed by atoms with Crippen LogP contribution in [0.25, 0.3) is 0 Å². The van der Waals surface area contributed by atoms with Gasteiger partial charge in [0.15, 0.2) is 23.3 Å². The highest BCUT2D eigenvalue weighted by Crippen LogP contribution is 2.17. The van der Waals surface area contributed by atoms with Crippen molar-refractivity contribution in [2.75, 3.05) is 0 Å². The lowest BCUT2D eigenvalue weighted by atomic mass is 10.2. The predicted octanol–water partition coefficient (Wildman–Crippen LogP) is 2.22. The first-order valence-corrected chi connectivity index (χ1v) is 2.87. The Bertz CT molecular complexity index is 336. The first-order chi connectivity index (χ1) is 5.57. The van der Waals surface area contributed by atoms with Gasteiger partial charge in [-0.1, -0.05) is 5.92 Å². The molecule has 0 unspecified atom stereocenters. The summed E-state index contributed by atoms with van der Waals surface area (Å²) in [5, 5.41) is 0. The molecule has 0 atom stereocenters. The van der Waals surface area contributed by atoms with E-state index >= 15 is 0 Å². The van der Waals surface area contributed by atoms with Crippen LogP contribution >= 0.6 is 0 Å². The van der Waals surface area contributed by atoms with Gasteiger partial charge in [-0.15, -0.1) is 6.42 Å². The molecular weight excluding hydrogens is 172 g/mol. The fourth-order valence-electron chi connectivity index (χ4n) is 0.700. The van der Waals surface area contributed by atoms with Crippen LogP contribution in [0.4, 0.5) is 17.6 Å². The summed E-state index contributed by atoms with van der Waals surface area (Å²) < 4.78 is 49.7. The largest absolute Gasteiger partial charge is 0.204 e. The van der Waals surface area contributed by atoms with Gasteiger partial charge in [-0.05, 0) is 0 Å². The third-order valence-electron chi connectivity index (χ3n) is 1.26. The van der Waals surface area contributed by atoms with E-state index in [4.69, 9.17) is 0 Å². The lowest BCUT2D eigenvalue weighted by Crippen LogP contribution is -1.98. The highest BCUT2D eigenvalue weighted by molar-refractivity contribution is 5.35. The van der Waals surface area contributed by atoms with Crippen LogP contribution in [-0.2, 0) is 0 Å². The maximum absolute atomic E-state index is 12.5. The average molecular weight is 174 g/mol.